The summed E-state index contributed by atoms with van der Waals surface area (Å²) in [6, 6.07) is 3.90. The minimum absolute atomic E-state index is 0.0967. The number of rotatable bonds is 2. The fourth-order valence-electron chi connectivity index (χ4n) is 2.39. The van der Waals surface area contributed by atoms with E-state index in [0.717, 1.165) is 17.0 Å². The SMILES string of the molecule is CC(C)(C)c1nsc(N2CCOC(c3ccc(F)c(F)c3)C2)n1. The van der Waals surface area contributed by atoms with E-state index in [4.69, 9.17) is 4.74 Å². The van der Waals surface area contributed by atoms with Gasteiger partial charge in [0.15, 0.2) is 11.6 Å². The molecule has 0 spiro atoms. The third-order valence-corrected chi connectivity index (χ3v) is 4.52. The number of benzene rings is 1. The average molecular weight is 339 g/mol. The normalized spacial score (nSPS) is 19.2. The lowest BCUT2D eigenvalue weighted by molar-refractivity contribution is 0.0395. The van der Waals surface area contributed by atoms with Crippen LogP contribution in [0.1, 0.15) is 38.3 Å². The monoisotopic (exact) mass is 339 g/mol. The number of hydrogen-bond acceptors (Lipinski definition) is 5. The minimum Gasteiger partial charge on any atom is -0.370 e. The molecule has 0 aliphatic carbocycles. The van der Waals surface area contributed by atoms with E-state index in [0.29, 0.717) is 25.3 Å². The van der Waals surface area contributed by atoms with E-state index in [9.17, 15) is 8.78 Å². The van der Waals surface area contributed by atoms with Crippen molar-refractivity contribution < 1.29 is 13.5 Å². The van der Waals surface area contributed by atoms with Crippen molar-refractivity contribution in [1.29, 1.82) is 0 Å². The molecule has 23 heavy (non-hydrogen) atoms. The summed E-state index contributed by atoms with van der Waals surface area (Å²) in [5.74, 6) is -0.886. The molecule has 0 bridgehead atoms. The molecule has 1 unspecified atom stereocenters. The van der Waals surface area contributed by atoms with E-state index < -0.39 is 11.6 Å². The molecule has 0 N–H and O–H groups in total. The molecule has 1 aromatic carbocycles. The van der Waals surface area contributed by atoms with Crippen molar-refractivity contribution in [3.05, 3.63) is 41.2 Å². The molecule has 0 amide bonds. The van der Waals surface area contributed by atoms with Crippen LogP contribution in [0.15, 0.2) is 18.2 Å². The number of nitrogens with zero attached hydrogens (tertiary/aromatic N) is 3. The summed E-state index contributed by atoms with van der Waals surface area (Å²) in [4.78, 5) is 6.69. The standard InChI is InChI=1S/C16H19F2N3OS/c1-16(2,3)14-19-15(23-20-14)21-6-7-22-13(9-21)10-4-5-11(17)12(18)8-10/h4-5,8,13H,6-7,9H2,1-3H3. The van der Waals surface area contributed by atoms with Crippen molar-refractivity contribution in [1.82, 2.24) is 9.36 Å². The highest BCUT2D eigenvalue weighted by atomic mass is 32.1. The Morgan fingerprint density at radius 2 is 2.04 bits per heavy atom. The van der Waals surface area contributed by atoms with Crippen LogP contribution in [0.2, 0.25) is 0 Å². The van der Waals surface area contributed by atoms with Crippen LogP contribution < -0.4 is 4.90 Å². The maximum atomic E-state index is 13.4. The van der Waals surface area contributed by atoms with Gasteiger partial charge in [-0.1, -0.05) is 26.8 Å². The van der Waals surface area contributed by atoms with Crippen LogP contribution in [-0.4, -0.2) is 29.1 Å². The predicted octanol–water partition coefficient (Wildman–Crippen LogP) is 3.69. The van der Waals surface area contributed by atoms with E-state index in [1.165, 1.54) is 17.6 Å². The molecule has 7 heteroatoms. The molecule has 1 aliphatic rings. The molecule has 3 rings (SSSR count). The quantitative estimate of drug-likeness (QED) is 0.836. The topological polar surface area (TPSA) is 38.2 Å². The van der Waals surface area contributed by atoms with Crippen LogP contribution in [0.4, 0.5) is 13.9 Å². The van der Waals surface area contributed by atoms with Crippen LogP contribution in [0.5, 0.6) is 0 Å². The van der Waals surface area contributed by atoms with Crippen LogP contribution in [0.3, 0.4) is 0 Å². The van der Waals surface area contributed by atoms with Gasteiger partial charge in [0.1, 0.15) is 11.9 Å². The maximum absolute atomic E-state index is 13.4. The van der Waals surface area contributed by atoms with Gasteiger partial charge >= 0.3 is 0 Å². The molecule has 4 nitrogen and oxygen atoms in total. The summed E-state index contributed by atoms with van der Waals surface area (Å²) in [6.45, 7) is 7.98. The van der Waals surface area contributed by atoms with E-state index in [1.54, 1.807) is 6.07 Å². The van der Waals surface area contributed by atoms with Crippen LogP contribution in [0.25, 0.3) is 0 Å². The molecule has 1 saturated heterocycles. The highest BCUT2D eigenvalue weighted by molar-refractivity contribution is 7.09. The van der Waals surface area contributed by atoms with Crippen LogP contribution in [0, 0.1) is 11.6 Å². The highest BCUT2D eigenvalue weighted by Crippen LogP contribution is 2.30. The van der Waals surface area contributed by atoms with Gasteiger partial charge in [0.25, 0.3) is 0 Å². The summed E-state index contributed by atoms with van der Waals surface area (Å²) in [7, 11) is 0. The summed E-state index contributed by atoms with van der Waals surface area (Å²) in [5.41, 5.74) is 0.537. The average Bonchev–Trinajstić information content (AvgIpc) is 3.00. The highest BCUT2D eigenvalue weighted by Gasteiger charge is 2.27. The summed E-state index contributed by atoms with van der Waals surface area (Å²) >= 11 is 1.36. The van der Waals surface area contributed by atoms with Gasteiger partial charge in [-0.15, -0.1) is 0 Å². The minimum atomic E-state index is -0.853. The van der Waals surface area contributed by atoms with E-state index in [-0.39, 0.29) is 11.5 Å². The zero-order valence-corrected chi connectivity index (χ0v) is 14.2. The molecule has 1 fully saturated rings. The second-order valence-electron chi connectivity index (χ2n) is 6.63. The van der Waals surface area contributed by atoms with E-state index in [1.807, 2.05) is 0 Å². The van der Waals surface area contributed by atoms with Gasteiger partial charge < -0.3 is 9.64 Å². The van der Waals surface area contributed by atoms with Gasteiger partial charge in [0.2, 0.25) is 5.13 Å². The van der Waals surface area contributed by atoms with Gasteiger partial charge in [0, 0.05) is 23.5 Å². The first-order chi connectivity index (χ1) is 10.8. The summed E-state index contributed by atoms with van der Waals surface area (Å²) < 4.78 is 36.6. The van der Waals surface area contributed by atoms with Gasteiger partial charge in [-0.05, 0) is 17.7 Å². The molecule has 2 heterocycles. The van der Waals surface area contributed by atoms with Crippen molar-refractivity contribution in [3.63, 3.8) is 0 Å². The number of morpholine rings is 1. The van der Waals surface area contributed by atoms with E-state index in [2.05, 4.69) is 35.0 Å². The molecule has 0 radical (unpaired) electrons. The van der Waals surface area contributed by atoms with Crippen molar-refractivity contribution in [2.45, 2.75) is 32.3 Å². The zero-order chi connectivity index (χ0) is 16.6. The van der Waals surface area contributed by atoms with Gasteiger partial charge in [0.05, 0.1) is 13.2 Å². The first-order valence-corrected chi connectivity index (χ1v) is 8.27. The third kappa shape index (κ3) is 3.50. The molecular weight excluding hydrogens is 320 g/mol. The Bertz CT molecular complexity index is 699. The van der Waals surface area contributed by atoms with Gasteiger partial charge in [-0.3, -0.25) is 0 Å². The third-order valence-electron chi connectivity index (χ3n) is 3.74. The smallest absolute Gasteiger partial charge is 0.205 e. The lowest BCUT2D eigenvalue weighted by Crippen LogP contribution is -2.38. The van der Waals surface area contributed by atoms with Crippen LogP contribution >= 0.6 is 11.5 Å². The Balaban J connectivity index is 1.78. The number of ether oxygens (including phenoxy) is 1. The maximum Gasteiger partial charge on any atom is 0.205 e. The van der Waals surface area contributed by atoms with Crippen molar-refractivity contribution >= 4 is 16.7 Å². The number of halogens is 2. The summed E-state index contributed by atoms with van der Waals surface area (Å²) in [5, 5.41) is 0.839. The molecular formula is C16H19F2N3OS. The number of aromatic nitrogens is 2. The molecule has 124 valence electrons. The lowest BCUT2D eigenvalue weighted by atomic mass is 9.96. The second kappa shape index (κ2) is 6.13. The fraction of sp³-hybridized carbons (Fsp3) is 0.500. The first-order valence-electron chi connectivity index (χ1n) is 7.50. The molecule has 0 saturated carbocycles. The Morgan fingerprint density at radius 1 is 1.26 bits per heavy atom. The lowest BCUT2D eigenvalue weighted by Gasteiger charge is -2.32. The number of anilines is 1. The second-order valence-corrected chi connectivity index (χ2v) is 7.36. The summed E-state index contributed by atoms with van der Waals surface area (Å²) in [6.07, 6.45) is -0.305. The van der Waals surface area contributed by atoms with Crippen molar-refractivity contribution in [2.75, 3.05) is 24.6 Å². The fourth-order valence-corrected chi connectivity index (χ4v) is 3.28. The van der Waals surface area contributed by atoms with Gasteiger partial charge in [-0.2, -0.15) is 4.37 Å². The van der Waals surface area contributed by atoms with Crippen molar-refractivity contribution in [2.24, 2.45) is 0 Å². The van der Waals surface area contributed by atoms with Gasteiger partial charge in [-0.25, -0.2) is 13.8 Å². The largest absolute Gasteiger partial charge is 0.370 e. The zero-order valence-electron chi connectivity index (χ0n) is 13.3. The van der Waals surface area contributed by atoms with Crippen molar-refractivity contribution in [3.8, 4) is 0 Å². The predicted molar refractivity (Wildman–Crippen MR) is 85.9 cm³/mol. The molecule has 1 aliphatic heterocycles. The Labute approximate surface area is 138 Å². The Hall–Kier alpha value is -1.60. The van der Waals surface area contributed by atoms with Crippen LogP contribution in [-0.2, 0) is 10.2 Å². The first kappa shape index (κ1) is 16.3. The number of hydrogen-bond donors (Lipinski definition) is 0. The molecule has 1 atom stereocenters. The molecule has 1 aromatic heterocycles. The molecule has 2 aromatic rings. The Kier molecular flexibility index (Phi) is 4.33. The van der Waals surface area contributed by atoms with E-state index >= 15 is 0 Å². The Morgan fingerprint density at radius 3 is 2.70 bits per heavy atom.